The van der Waals surface area contributed by atoms with E-state index in [2.05, 4.69) is 34.3 Å². The minimum atomic E-state index is -0.407. The predicted molar refractivity (Wildman–Crippen MR) is 81.8 cm³/mol. The Morgan fingerprint density at radius 2 is 1.24 bits per heavy atom. The second kappa shape index (κ2) is 10.5. The first-order valence-corrected chi connectivity index (χ1v) is 10.4. The summed E-state index contributed by atoms with van der Waals surface area (Å²) in [5.74, 6) is 0. The average Bonchev–Trinajstić information content (AvgIpc) is 2.30. The van der Waals surface area contributed by atoms with E-state index in [1.807, 2.05) is 0 Å². The van der Waals surface area contributed by atoms with Crippen molar-refractivity contribution in [3.8, 4) is 0 Å². The van der Waals surface area contributed by atoms with E-state index in [0.717, 1.165) is 3.43 Å². The number of rotatable bonds is 11. The van der Waals surface area contributed by atoms with Crippen LogP contribution in [0.25, 0.3) is 0 Å². The fourth-order valence-electron chi connectivity index (χ4n) is 2.56. The molecule has 0 heterocycles. The van der Waals surface area contributed by atoms with Crippen LogP contribution < -0.4 is 0 Å². The summed E-state index contributed by atoms with van der Waals surface area (Å²) in [6, 6.07) is 0. The Morgan fingerprint density at radius 3 is 1.47 bits per heavy atom. The summed E-state index contributed by atoms with van der Waals surface area (Å²) >= 11 is -0.407. The second-order valence-electron chi connectivity index (χ2n) is 5.50. The molecule has 0 aromatic heterocycles. The van der Waals surface area contributed by atoms with Gasteiger partial charge in [0.1, 0.15) is 0 Å². The SMILES string of the molecule is C=[C](C)[Sn][C](CCCC)(CCCC)CCCC. The Balaban J connectivity index is 4.56. The van der Waals surface area contributed by atoms with Gasteiger partial charge in [-0.2, -0.15) is 0 Å². The van der Waals surface area contributed by atoms with Crippen molar-refractivity contribution in [1.29, 1.82) is 0 Å². The molecule has 0 N–H and O–H groups in total. The van der Waals surface area contributed by atoms with Crippen LogP contribution in [0.1, 0.15) is 85.5 Å². The van der Waals surface area contributed by atoms with Crippen LogP contribution in [0.2, 0.25) is 3.43 Å². The number of hydrogen-bond acceptors (Lipinski definition) is 0. The molecule has 0 unspecified atom stereocenters. The van der Waals surface area contributed by atoms with Crippen molar-refractivity contribution >= 4 is 21.1 Å². The summed E-state index contributed by atoms with van der Waals surface area (Å²) in [4.78, 5) is 0. The third kappa shape index (κ3) is 8.29. The van der Waals surface area contributed by atoms with Gasteiger partial charge >= 0.3 is 120 Å². The first-order valence-electron chi connectivity index (χ1n) is 7.54. The zero-order chi connectivity index (χ0) is 13.1. The normalized spacial score (nSPS) is 11.8. The van der Waals surface area contributed by atoms with Gasteiger partial charge in [-0.15, -0.1) is 0 Å². The molecule has 0 saturated heterocycles. The number of hydrogen-bond donors (Lipinski definition) is 0. The fraction of sp³-hybridized carbons (Fsp3) is 0.875. The molecule has 0 spiro atoms. The molecular weight excluding hydrogens is 311 g/mol. The second-order valence-corrected chi connectivity index (χ2v) is 11.7. The summed E-state index contributed by atoms with van der Waals surface area (Å²) in [7, 11) is 0. The van der Waals surface area contributed by atoms with Crippen molar-refractivity contribution in [2.75, 3.05) is 0 Å². The molecule has 0 atom stereocenters. The third-order valence-electron chi connectivity index (χ3n) is 3.51. The van der Waals surface area contributed by atoms with Crippen molar-refractivity contribution in [3.05, 3.63) is 10.2 Å². The maximum absolute atomic E-state index is 4.24. The van der Waals surface area contributed by atoms with E-state index >= 15 is 0 Å². The van der Waals surface area contributed by atoms with E-state index in [9.17, 15) is 0 Å². The molecule has 100 valence electrons. The van der Waals surface area contributed by atoms with Crippen LogP contribution in [0.5, 0.6) is 0 Å². The van der Waals surface area contributed by atoms with Gasteiger partial charge in [0.15, 0.2) is 0 Å². The minimum absolute atomic E-state index is 0.407. The topological polar surface area (TPSA) is 0 Å². The maximum atomic E-state index is 4.24. The van der Waals surface area contributed by atoms with E-state index in [0.29, 0.717) is 0 Å². The van der Waals surface area contributed by atoms with E-state index in [-0.39, 0.29) is 0 Å². The molecule has 0 saturated carbocycles. The molecule has 0 aliphatic heterocycles. The Bertz CT molecular complexity index is 174. The van der Waals surface area contributed by atoms with Crippen molar-refractivity contribution in [3.63, 3.8) is 0 Å². The van der Waals surface area contributed by atoms with Gasteiger partial charge in [0.2, 0.25) is 0 Å². The van der Waals surface area contributed by atoms with Gasteiger partial charge in [0.25, 0.3) is 0 Å². The predicted octanol–water partition coefficient (Wildman–Crippen LogP) is 5.95. The molecule has 0 fully saturated rings. The third-order valence-corrected chi connectivity index (χ3v) is 8.38. The molecule has 2 radical (unpaired) electrons. The van der Waals surface area contributed by atoms with Crippen molar-refractivity contribution < 1.29 is 0 Å². The summed E-state index contributed by atoms with van der Waals surface area (Å²) in [5.41, 5.74) is 0. The standard InChI is InChI=1S/C13H27.C3H5.Sn/c1-4-7-10-13(11-8-5-2)12-9-6-3;1-3-2;/h4-12H2,1-3H3;1H2,2H3;. The van der Waals surface area contributed by atoms with Gasteiger partial charge in [-0.05, 0) is 0 Å². The van der Waals surface area contributed by atoms with Gasteiger partial charge in [0.05, 0.1) is 0 Å². The number of unbranched alkanes of at least 4 members (excludes halogenated alkanes) is 3. The molecule has 1 heteroatoms. The zero-order valence-corrected chi connectivity index (χ0v) is 15.4. The van der Waals surface area contributed by atoms with Gasteiger partial charge in [-0.1, -0.05) is 0 Å². The van der Waals surface area contributed by atoms with Crippen LogP contribution in [0, 0.1) is 0 Å². The van der Waals surface area contributed by atoms with Crippen molar-refractivity contribution in [1.82, 2.24) is 0 Å². The molecule has 0 aliphatic rings. The zero-order valence-electron chi connectivity index (χ0n) is 12.6. The van der Waals surface area contributed by atoms with Crippen LogP contribution in [-0.4, -0.2) is 21.1 Å². The number of allylic oxidation sites excluding steroid dienone is 1. The van der Waals surface area contributed by atoms with E-state index in [1.165, 1.54) is 57.8 Å². The Kier molecular flexibility index (Phi) is 10.8. The first-order chi connectivity index (χ1) is 8.10. The Labute approximate surface area is 120 Å². The van der Waals surface area contributed by atoms with E-state index < -0.39 is 21.1 Å². The van der Waals surface area contributed by atoms with E-state index in [1.54, 1.807) is 3.59 Å². The van der Waals surface area contributed by atoms with Crippen LogP contribution >= 0.6 is 0 Å². The van der Waals surface area contributed by atoms with Gasteiger partial charge < -0.3 is 0 Å². The van der Waals surface area contributed by atoms with Gasteiger partial charge in [0, 0.05) is 0 Å². The van der Waals surface area contributed by atoms with Crippen LogP contribution in [0.3, 0.4) is 0 Å². The molecule has 0 aromatic rings. The summed E-state index contributed by atoms with van der Waals surface area (Å²) in [6.45, 7) is 13.5. The van der Waals surface area contributed by atoms with Crippen molar-refractivity contribution in [2.24, 2.45) is 0 Å². The Hall–Kier alpha value is 0.539. The molecule has 0 bridgehead atoms. The first kappa shape index (κ1) is 17.5. The Morgan fingerprint density at radius 1 is 0.882 bits per heavy atom. The van der Waals surface area contributed by atoms with E-state index in [4.69, 9.17) is 0 Å². The molecule has 0 nitrogen and oxygen atoms in total. The molecule has 0 aromatic carbocycles. The summed E-state index contributed by atoms with van der Waals surface area (Å²) in [6.07, 6.45) is 12.8. The molecule has 17 heavy (non-hydrogen) atoms. The quantitative estimate of drug-likeness (QED) is 0.407. The molecule has 0 rings (SSSR count). The van der Waals surface area contributed by atoms with Crippen LogP contribution in [0.15, 0.2) is 10.2 Å². The molecule has 0 amide bonds. The summed E-state index contributed by atoms with van der Waals surface area (Å²) in [5, 5.41) is 0. The summed E-state index contributed by atoms with van der Waals surface area (Å²) < 4.78 is 2.30. The average molecular weight is 343 g/mol. The monoisotopic (exact) mass is 344 g/mol. The van der Waals surface area contributed by atoms with Crippen LogP contribution in [0.4, 0.5) is 0 Å². The fourth-order valence-corrected chi connectivity index (χ4v) is 7.73. The van der Waals surface area contributed by atoms with Crippen molar-refractivity contribution in [2.45, 2.75) is 88.9 Å². The molecular formula is C16H32Sn. The van der Waals surface area contributed by atoms with Crippen LogP contribution in [-0.2, 0) is 0 Å². The van der Waals surface area contributed by atoms with Gasteiger partial charge in [-0.25, -0.2) is 0 Å². The van der Waals surface area contributed by atoms with Gasteiger partial charge in [-0.3, -0.25) is 0 Å². The molecule has 0 aliphatic carbocycles.